The molecule has 104 valence electrons. The van der Waals surface area contributed by atoms with Gasteiger partial charge < -0.3 is 15.4 Å². The lowest BCUT2D eigenvalue weighted by Crippen LogP contribution is -2.53. The molecule has 4 heteroatoms. The summed E-state index contributed by atoms with van der Waals surface area (Å²) in [4.78, 5) is 2.40. The Bertz CT molecular complexity index is 493. The van der Waals surface area contributed by atoms with Gasteiger partial charge in [-0.3, -0.25) is 0 Å². The normalized spacial score (nSPS) is 34.9. The number of ether oxygens (including phenoxy) is 1. The molecule has 3 atom stereocenters. The number of benzene rings is 1. The van der Waals surface area contributed by atoms with Gasteiger partial charge in [-0.1, -0.05) is 15.9 Å². The SMILES string of the molecule is CC1CC2(CCN1C)C[C@H](N)c1cc(Br)ccc1O2. The minimum absolute atomic E-state index is 0.0633. The van der Waals surface area contributed by atoms with Crippen LogP contribution in [-0.4, -0.2) is 30.1 Å². The van der Waals surface area contributed by atoms with Gasteiger partial charge in [-0.2, -0.15) is 0 Å². The van der Waals surface area contributed by atoms with Crippen molar-refractivity contribution in [3.05, 3.63) is 28.2 Å². The van der Waals surface area contributed by atoms with Crippen molar-refractivity contribution in [1.82, 2.24) is 4.90 Å². The van der Waals surface area contributed by atoms with Crippen LogP contribution in [0.4, 0.5) is 0 Å². The van der Waals surface area contributed by atoms with Crippen LogP contribution in [-0.2, 0) is 0 Å². The van der Waals surface area contributed by atoms with Gasteiger partial charge in [0.1, 0.15) is 11.4 Å². The molecule has 2 unspecified atom stereocenters. The Hall–Kier alpha value is -0.580. The number of nitrogens with two attached hydrogens (primary N) is 1. The van der Waals surface area contributed by atoms with Gasteiger partial charge in [-0.25, -0.2) is 0 Å². The zero-order valence-corrected chi connectivity index (χ0v) is 13.1. The molecule has 0 radical (unpaired) electrons. The summed E-state index contributed by atoms with van der Waals surface area (Å²) >= 11 is 3.51. The summed E-state index contributed by atoms with van der Waals surface area (Å²) in [5.41, 5.74) is 7.45. The van der Waals surface area contributed by atoms with Gasteiger partial charge in [0, 0.05) is 41.5 Å². The Morgan fingerprint density at radius 2 is 2.21 bits per heavy atom. The van der Waals surface area contributed by atoms with Gasteiger partial charge in [0.05, 0.1) is 0 Å². The van der Waals surface area contributed by atoms with E-state index < -0.39 is 0 Å². The first-order chi connectivity index (χ1) is 8.99. The molecule has 1 fully saturated rings. The summed E-state index contributed by atoms with van der Waals surface area (Å²) in [7, 11) is 2.19. The number of rotatable bonds is 0. The first-order valence-corrected chi connectivity index (χ1v) is 7.73. The zero-order chi connectivity index (χ0) is 13.6. The van der Waals surface area contributed by atoms with Crippen LogP contribution in [0.25, 0.3) is 0 Å². The van der Waals surface area contributed by atoms with Crippen molar-refractivity contribution >= 4 is 15.9 Å². The summed E-state index contributed by atoms with van der Waals surface area (Å²) in [6.07, 6.45) is 3.05. The molecule has 2 N–H and O–H groups in total. The van der Waals surface area contributed by atoms with Crippen LogP contribution in [0, 0.1) is 0 Å². The van der Waals surface area contributed by atoms with Gasteiger partial charge in [-0.15, -0.1) is 0 Å². The van der Waals surface area contributed by atoms with E-state index in [-0.39, 0.29) is 11.6 Å². The number of hydrogen-bond acceptors (Lipinski definition) is 3. The van der Waals surface area contributed by atoms with E-state index >= 15 is 0 Å². The molecule has 1 spiro atoms. The summed E-state index contributed by atoms with van der Waals surface area (Å²) in [6, 6.07) is 6.80. The molecule has 19 heavy (non-hydrogen) atoms. The second-order valence-electron chi connectivity index (χ2n) is 6.06. The van der Waals surface area contributed by atoms with Crippen LogP contribution in [0.15, 0.2) is 22.7 Å². The van der Waals surface area contributed by atoms with E-state index in [1.165, 1.54) is 0 Å². The molecule has 3 rings (SSSR count). The van der Waals surface area contributed by atoms with Crippen LogP contribution in [0.1, 0.15) is 37.8 Å². The lowest BCUT2D eigenvalue weighted by Gasteiger charge is -2.48. The quantitative estimate of drug-likeness (QED) is 0.797. The van der Waals surface area contributed by atoms with Crippen LogP contribution in [0.3, 0.4) is 0 Å². The highest BCUT2D eigenvalue weighted by Crippen LogP contribution is 2.44. The summed E-state index contributed by atoms with van der Waals surface area (Å²) in [5, 5.41) is 0. The van der Waals surface area contributed by atoms with E-state index in [0.29, 0.717) is 6.04 Å². The van der Waals surface area contributed by atoms with Crippen molar-refractivity contribution in [2.45, 2.75) is 43.9 Å². The molecule has 1 aromatic rings. The monoisotopic (exact) mass is 324 g/mol. The van der Waals surface area contributed by atoms with Crippen molar-refractivity contribution < 1.29 is 4.74 Å². The highest BCUT2D eigenvalue weighted by Gasteiger charge is 2.43. The fourth-order valence-corrected chi connectivity index (χ4v) is 3.74. The lowest BCUT2D eigenvalue weighted by atomic mass is 9.78. The van der Waals surface area contributed by atoms with E-state index in [4.69, 9.17) is 10.5 Å². The lowest BCUT2D eigenvalue weighted by molar-refractivity contribution is -0.0357. The third-order valence-corrected chi connectivity index (χ3v) is 5.12. The predicted octanol–water partition coefficient (Wildman–Crippen LogP) is 3.08. The number of halogens is 1. The van der Waals surface area contributed by atoms with Crippen LogP contribution >= 0.6 is 15.9 Å². The molecule has 0 bridgehead atoms. The molecule has 3 nitrogen and oxygen atoms in total. The fourth-order valence-electron chi connectivity index (χ4n) is 3.36. The molecule has 2 heterocycles. The molecule has 0 saturated carbocycles. The third-order valence-electron chi connectivity index (χ3n) is 4.63. The van der Waals surface area contributed by atoms with Crippen molar-refractivity contribution in [2.24, 2.45) is 5.73 Å². The molecule has 0 aromatic heterocycles. The van der Waals surface area contributed by atoms with Gasteiger partial charge >= 0.3 is 0 Å². The van der Waals surface area contributed by atoms with Gasteiger partial charge in [-0.05, 0) is 38.6 Å². The van der Waals surface area contributed by atoms with Gasteiger partial charge in [0.2, 0.25) is 0 Å². The third kappa shape index (κ3) is 2.41. The van der Waals surface area contributed by atoms with Crippen LogP contribution in [0.2, 0.25) is 0 Å². The molecular weight excluding hydrogens is 304 g/mol. The van der Waals surface area contributed by atoms with Crippen molar-refractivity contribution in [3.8, 4) is 5.75 Å². The molecular formula is C15H21BrN2O. The smallest absolute Gasteiger partial charge is 0.124 e. The molecule has 1 aromatic carbocycles. The van der Waals surface area contributed by atoms with E-state index in [1.807, 2.05) is 12.1 Å². The average Bonchev–Trinajstić information content (AvgIpc) is 2.36. The highest BCUT2D eigenvalue weighted by molar-refractivity contribution is 9.10. The largest absolute Gasteiger partial charge is 0.487 e. The maximum absolute atomic E-state index is 6.39. The van der Waals surface area contributed by atoms with Gasteiger partial charge in [0.15, 0.2) is 0 Å². The number of likely N-dealkylation sites (tertiary alicyclic amines) is 1. The minimum Gasteiger partial charge on any atom is -0.487 e. The molecule has 0 amide bonds. The number of nitrogens with zero attached hydrogens (tertiary/aromatic N) is 1. The van der Waals surface area contributed by atoms with Crippen molar-refractivity contribution in [1.29, 1.82) is 0 Å². The average molecular weight is 325 g/mol. The van der Waals surface area contributed by atoms with E-state index in [1.54, 1.807) is 0 Å². The fraction of sp³-hybridized carbons (Fsp3) is 0.600. The van der Waals surface area contributed by atoms with Crippen LogP contribution < -0.4 is 10.5 Å². The molecule has 0 aliphatic carbocycles. The summed E-state index contributed by atoms with van der Waals surface area (Å²) in [6.45, 7) is 3.35. The standard InChI is InChI=1S/C15H21BrN2O/c1-10-8-15(5-6-18(10)2)9-13(17)12-7-11(16)3-4-14(12)19-15/h3-4,7,10,13H,5-6,8-9,17H2,1-2H3/t10?,13-,15?/m0/s1. The molecule has 2 aliphatic heterocycles. The maximum Gasteiger partial charge on any atom is 0.124 e. The summed E-state index contributed by atoms with van der Waals surface area (Å²) in [5.74, 6) is 0.971. The second-order valence-corrected chi connectivity index (χ2v) is 6.98. The van der Waals surface area contributed by atoms with Crippen molar-refractivity contribution in [3.63, 3.8) is 0 Å². The van der Waals surface area contributed by atoms with Gasteiger partial charge in [0.25, 0.3) is 0 Å². The Morgan fingerprint density at radius 1 is 1.42 bits per heavy atom. The van der Waals surface area contributed by atoms with E-state index in [0.717, 1.165) is 41.6 Å². The Balaban J connectivity index is 1.90. The van der Waals surface area contributed by atoms with E-state index in [2.05, 4.69) is 40.9 Å². The Labute approximate surface area is 123 Å². The van der Waals surface area contributed by atoms with Crippen LogP contribution in [0.5, 0.6) is 5.75 Å². The maximum atomic E-state index is 6.39. The zero-order valence-electron chi connectivity index (χ0n) is 11.5. The predicted molar refractivity (Wildman–Crippen MR) is 80.4 cm³/mol. The Morgan fingerprint density at radius 3 is 2.95 bits per heavy atom. The topological polar surface area (TPSA) is 38.5 Å². The van der Waals surface area contributed by atoms with Crippen molar-refractivity contribution in [2.75, 3.05) is 13.6 Å². The Kier molecular flexibility index (Phi) is 3.36. The van der Waals surface area contributed by atoms with E-state index in [9.17, 15) is 0 Å². The summed E-state index contributed by atoms with van der Waals surface area (Å²) < 4.78 is 7.44. The number of fused-ring (bicyclic) bond motifs is 1. The first-order valence-electron chi connectivity index (χ1n) is 6.93. The second kappa shape index (κ2) is 4.76. The number of hydrogen-bond donors (Lipinski definition) is 1. The minimum atomic E-state index is -0.0633. The molecule has 1 saturated heterocycles. The number of piperidine rings is 1. The first kappa shape index (κ1) is 13.4. The molecule has 2 aliphatic rings. The highest BCUT2D eigenvalue weighted by atomic mass is 79.9.